The number of rotatable bonds is 7. The molecule has 3 heteroatoms. The van der Waals surface area contributed by atoms with Crippen LogP contribution in [0.3, 0.4) is 0 Å². The van der Waals surface area contributed by atoms with Gasteiger partial charge in [0.05, 0.1) is 5.41 Å². The molecule has 7 aromatic carbocycles. The van der Waals surface area contributed by atoms with Gasteiger partial charge in [-0.1, -0.05) is 182 Å². The van der Waals surface area contributed by atoms with Crippen LogP contribution in [0.4, 0.5) is 0 Å². The van der Waals surface area contributed by atoms with Crippen LogP contribution in [-0.4, -0.2) is 15.0 Å². The number of allylic oxidation sites excluding steroid dienone is 4. The van der Waals surface area contributed by atoms with Crippen LogP contribution in [0, 0.1) is 0 Å². The van der Waals surface area contributed by atoms with Crippen LogP contribution < -0.4 is 0 Å². The molecule has 1 heterocycles. The average Bonchev–Trinajstić information content (AvgIpc) is 3.58. The second-order valence-electron chi connectivity index (χ2n) is 14.3. The lowest BCUT2D eigenvalue weighted by Crippen LogP contribution is -2.28. The molecule has 10 rings (SSSR count). The molecule has 0 aliphatic heterocycles. The number of nitrogens with zero attached hydrogens (tertiary/aromatic N) is 3. The van der Waals surface area contributed by atoms with Crippen molar-refractivity contribution in [2.75, 3.05) is 0 Å². The molecule has 260 valence electrons. The maximum Gasteiger partial charge on any atom is 0.164 e. The topological polar surface area (TPSA) is 38.7 Å². The van der Waals surface area contributed by atoms with E-state index in [9.17, 15) is 0 Å². The van der Waals surface area contributed by atoms with Crippen molar-refractivity contribution in [3.05, 3.63) is 234 Å². The number of benzene rings is 7. The van der Waals surface area contributed by atoms with Gasteiger partial charge in [-0.25, -0.2) is 15.0 Å². The molecule has 0 spiro atoms. The van der Waals surface area contributed by atoms with Crippen molar-refractivity contribution in [2.24, 2.45) is 0 Å². The van der Waals surface area contributed by atoms with E-state index in [0.29, 0.717) is 17.5 Å². The van der Waals surface area contributed by atoms with Crippen LogP contribution >= 0.6 is 0 Å². The molecule has 2 aliphatic rings. The molecule has 0 radical (unpaired) electrons. The lowest BCUT2D eigenvalue weighted by atomic mass is 9.67. The number of aromatic nitrogens is 3. The van der Waals surface area contributed by atoms with Gasteiger partial charge in [-0.3, -0.25) is 0 Å². The molecular weight excluding hydrogens is 667 g/mol. The lowest BCUT2D eigenvalue weighted by Gasteiger charge is -2.34. The standard InChI is InChI=1S/C52H37N3/c1-5-17-36(18-6-1)38-21-15-23-40(33-38)49-53-50(41-24-16-22-39(34-41)37-19-7-2-8-20-37)55-51(54-49)42-31-32-46-45-29-13-14-30-47(45)52(48(46)35-42,43-25-9-3-10-26-43)44-27-11-4-12-28-44/h1-15,17-23,25-35H,16,24H2. The zero-order valence-corrected chi connectivity index (χ0v) is 30.3. The maximum atomic E-state index is 5.31. The molecule has 2 aliphatic carbocycles. The van der Waals surface area contributed by atoms with E-state index in [1.165, 1.54) is 44.5 Å². The van der Waals surface area contributed by atoms with Gasteiger partial charge in [-0.15, -0.1) is 0 Å². The zero-order valence-electron chi connectivity index (χ0n) is 30.3. The highest BCUT2D eigenvalue weighted by Crippen LogP contribution is 2.56. The monoisotopic (exact) mass is 703 g/mol. The van der Waals surface area contributed by atoms with E-state index < -0.39 is 5.41 Å². The minimum absolute atomic E-state index is 0.519. The first-order valence-electron chi connectivity index (χ1n) is 19.0. The van der Waals surface area contributed by atoms with Crippen molar-refractivity contribution >= 4 is 11.1 Å². The highest BCUT2D eigenvalue weighted by atomic mass is 15.0. The average molecular weight is 704 g/mol. The highest BCUT2D eigenvalue weighted by Gasteiger charge is 2.46. The second kappa shape index (κ2) is 13.8. The molecule has 0 bridgehead atoms. The molecule has 8 aromatic rings. The Bertz CT molecular complexity index is 2690. The summed E-state index contributed by atoms with van der Waals surface area (Å²) in [5, 5.41) is 0. The Labute approximate surface area is 322 Å². The first-order chi connectivity index (χ1) is 27.3. The summed E-state index contributed by atoms with van der Waals surface area (Å²) >= 11 is 0. The third kappa shape index (κ3) is 5.73. The number of fused-ring (bicyclic) bond motifs is 3. The van der Waals surface area contributed by atoms with Crippen LogP contribution in [0.2, 0.25) is 0 Å². The van der Waals surface area contributed by atoms with Gasteiger partial charge in [0.15, 0.2) is 17.5 Å². The molecule has 55 heavy (non-hydrogen) atoms. The van der Waals surface area contributed by atoms with E-state index >= 15 is 0 Å². The zero-order chi connectivity index (χ0) is 36.6. The Balaban J connectivity index is 1.19. The minimum Gasteiger partial charge on any atom is -0.209 e. The van der Waals surface area contributed by atoms with Gasteiger partial charge in [-0.2, -0.15) is 0 Å². The van der Waals surface area contributed by atoms with E-state index in [1.807, 2.05) is 6.07 Å². The second-order valence-corrected chi connectivity index (χ2v) is 14.3. The van der Waals surface area contributed by atoms with E-state index in [4.69, 9.17) is 15.0 Å². The van der Waals surface area contributed by atoms with Crippen molar-refractivity contribution in [2.45, 2.75) is 18.3 Å². The van der Waals surface area contributed by atoms with Crippen LogP contribution in [0.25, 0.3) is 56.2 Å². The summed E-state index contributed by atoms with van der Waals surface area (Å²) in [4.78, 5) is 15.8. The molecule has 1 aromatic heterocycles. The van der Waals surface area contributed by atoms with Gasteiger partial charge in [-0.05, 0) is 92.3 Å². The summed E-state index contributed by atoms with van der Waals surface area (Å²) in [6.07, 6.45) is 6.35. The van der Waals surface area contributed by atoms with E-state index in [1.54, 1.807) is 0 Å². The normalized spacial score (nSPS) is 14.0. The summed E-state index contributed by atoms with van der Waals surface area (Å²) < 4.78 is 0. The first-order valence-corrected chi connectivity index (χ1v) is 19.0. The molecule has 0 fully saturated rings. The number of hydrogen-bond donors (Lipinski definition) is 0. The third-order valence-electron chi connectivity index (χ3n) is 11.1. The van der Waals surface area contributed by atoms with Crippen molar-refractivity contribution in [3.8, 4) is 45.0 Å². The highest BCUT2D eigenvalue weighted by molar-refractivity contribution is 5.89. The van der Waals surface area contributed by atoms with Crippen LogP contribution in [-0.2, 0) is 5.41 Å². The SMILES string of the molecule is C1=C(c2ccccc2)C=C(c2nc(-c3cccc(-c4ccccc4)c3)nc(-c3ccc4c(c3)C(c3ccccc3)(c3ccccc3)c3ccccc3-4)n2)CC1. The van der Waals surface area contributed by atoms with Crippen molar-refractivity contribution in [3.63, 3.8) is 0 Å². The van der Waals surface area contributed by atoms with Crippen molar-refractivity contribution in [1.29, 1.82) is 0 Å². The summed E-state index contributed by atoms with van der Waals surface area (Å²) in [7, 11) is 0. The van der Waals surface area contributed by atoms with Gasteiger partial charge in [0, 0.05) is 11.1 Å². The maximum absolute atomic E-state index is 5.31. The molecule has 3 nitrogen and oxygen atoms in total. The molecule has 0 amide bonds. The Morgan fingerprint density at radius 3 is 1.60 bits per heavy atom. The minimum atomic E-state index is -0.519. The summed E-state index contributed by atoms with van der Waals surface area (Å²) in [6, 6.07) is 67.1. The first kappa shape index (κ1) is 32.7. The molecule has 0 unspecified atom stereocenters. The van der Waals surface area contributed by atoms with E-state index in [0.717, 1.165) is 40.7 Å². The molecule has 0 saturated carbocycles. The van der Waals surface area contributed by atoms with E-state index in [-0.39, 0.29) is 0 Å². The fourth-order valence-electron chi connectivity index (χ4n) is 8.54. The Hall–Kier alpha value is -6.97. The smallest absolute Gasteiger partial charge is 0.164 e. The van der Waals surface area contributed by atoms with Gasteiger partial charge < -0.3 is 0 Å². The van der Waals surface area contributed by atoms with Crippen LogP contribution in [0.5, 0.6) is 0 Å². The number of hydrogen-bond acceptors (Lipinski definition) is 3. The van der Waals surface area contributed by atoms with Crippen molar-refractivity contribution < 1.29 is 0 Å². The summed E-state index contributed by atoms with van der Waals surface area (Å²) in [5.41, 5.74) is 14.6. The lowest BCUT2D eigenvalue weighted by molar-refractivity contribution is 0.768. The van der Waals surface area contributed by atoms with Gasteiger partial charge in [0.25, 0.3) is 0 Å². The van der Waals surface area contributed by atoms with Crippen LogP contribution in [0.1, 0.15) is 46.5 Å². The fraction of sp³-hybridized carbons (Fsp3) is 0.0577. The quantitative estimate of drug-likeness (QED) is 0.166. The Kier molecular flexibility index (Phi) is 8.18. The predicted molar refractivity (Wildman–Crippen MR) is 225 cm³/mol. The molecular formula is C52H37N3. The largest absolute Gasteiger partial charge is 0.209 e. The van der Waals surface area contributed by atoms with Gasteiger partial charge in [0.1, 0.15) is 0 Å². The Morgan fingerprint density at radius 1 is 0.382 bits per heavy atom. The summed E-state index contributed by atoms with van der Waals surface area (Å²) in [6.45, 7) is 0. The molecule has 0 saturated heterocycles. The van der Waals surface area contributed by atoms with Gasteiger partial charge >= 0.3 is 0 Å². The Morgan fingerprint density at radius 2 is 0.909 bits per heavy atom. The molecule has 0 atom stereocenters. The van der Waals surface area contributed by atoms with Gasteiger partial charge in [0.2, 0.25) is 0 Å². The summed E-state index contributed by atoms with van der Waals surface area (Å²) in [5.74, 6) is 2.04. The van der Waals surface area contributed by atoms with Crippen LogP contribution in [0.15, 0.2) is 200 Å². The third-order valence-corrected chi connectivity index (χ3v) is 11.1. The predicted octanol–water partition coefficient (Wildman–Crippen LogP) is 12.5. The molecule has 0 N–H and O–H groups in total. The van der Waals surface area contributed by atoms with Crippen molar-refractivity contribution in [1.82, 2.24) is 15.0 Å². The van der Waals surface area contributed by atoms with E-state index in [2.05, 4.69) is 194 Å². The fourth-order valence-corrected chi connectivity index (χ4v) is 8.54.